The van der Waals surface area contributed by atoms with Gasteiger partial charge in [0.05, 0.1) is 10.7 Å². The van der Waals surface area contributed by atoms with Crippen LogP contribution in [0.2, 0.25) is 5.02 Å². The number of hydrogen-bond donors (Lipinski definition) is 0. The Kier molecular flexibility index (Phi) is 4.89. The zero-order chi connectivity index (χ0) is 19.8. The van der Waals surface area contributed by atoms with Crippen LogP contribution in [-0.2, 0) is 16.2 Å². The summed E-state index contributed by atoms with van der Waals surface area (Å²) in [6, 6.07) is 7.99. The van der Waals surface area contributed by atoms with Crippen molar-refractivity contribution in [2.24, 2.45) is 0 Å². The van der Waals surface area contributed by atoms with Crippen LogP contribution in [0.1, 0.15) is 31.2 Å². The predicted octanol–water partition coefficient (Wildman–Crippen LogP) is 4.94. The first-order chi connectivity index (χ1) is 13.5. The third kappa shape index (κ3) is 3.29. The lowest BCUT2D eigenvalue weighted by molar-refractivity contribution is -0.120. The van der Waals surface area contributed by atoms with Gasteiger partial charge in [0.2, 0.25) is 0 Å². The highest BCUT2D eigenvalue weighted by Gasteiger charge is 2.41. The molecule has 1 heterocycles. The average molecular weight is 404 g/mol. The summed E-state index contributed by atoms with van der Waals surface area (Å²) < 4.78 is 33.2. The molecule has 2 aromatic carbocycles. The highest BCUT2D eigenvalue weighted by atomic mass is 35.5. The van der Waals surface area contributed by atoms with Crippen LogP contribution in [0.5, 0.6) is 5.75 Å². The summed E-state index contributed by atoms with van der Waals surface area (Å²) >= 11 is 6.07. The van der Waals surface area contributed by atoms with Gasteiger partial charge in [-0.15, -0.1) is 0 Å². The lowest BCUT2D eigenvalue weighted by atomic mass is 9.93. The number of ether oxygens (including phenoxy) is 1. The Morgan fingerprint density at radius 3 is 2.18 bits per heavy atom. The number of carbonyl (C=O) groups excluding carboxylic acids is 2. The average Bonchev–Trinajstić information content (AvgIpc) is 2.94. The van der Waals surface area contributed by atoms with Gasteiger partial charge in [0.25, 0.3) is 11.8 Å². The van der Waals surface area contributed by atoms with Gasteiger partial charge in [-0.2, -0.15) is 0 Å². The largest absolute Gasteiger partial charge is 0.487 e. The van der Waals surface area contributed by atoms with Crippen molar-refractivity contribution in [3.8, 4) is 5.75 Å². The summed E-state index contributed by atoms with van der Waals surface area (Å²) in [6.45, 7) is 0.0711. The second-order valence-corrected chi connectivity index (χ2v) is 7.17. The third-order valence-electron chi connectivity index (χ3n) is 4.94. The third-order valence-corrected chi connectivity index (χ3v) is 5.24. The molecule has 2 aliphatic rings. The van der Waals surface area contributed by atoms with Crippen LogP contribution in [0.25, 0.3) is 0 Å². The molecule has 2 amide bonds. The number of nitrogens with zero attached hydrogens (tertiary/aromatic N) is 1. The van der Waals surface area contributed by atoms with E-state index in [1.54, 1.807) is 12.1 Å². The number of benzene rings is 2. The van der Waals surface area contributed by atoms with E-state index in [1.165, 1.54) is 18.2 Å². The van der Waals surface area contributed by atoms with Gasteiger partial charge in [-0.1, -0.05) is 23.7 Å². The van der Waals surface area contributed by atoms with E-state index in [9.17, 15) is 18.4 Å². The van der Waals surface area contributed by atoms with E-state index in [-0.39, 0.29) is 28.9 Å². The zero-order valence-electron chi connectivity index (χ0n) is 14.8. The molecule has 4 rings (SSSR count). The molecule has 0 saturated carbocycles. The normalized spacial score (nSPS) is 16.6. The standard InChI is InChI=1S/C21H16ClF2NO3/c22-16-9-17(24)18(10-19(16)28-11-12-5-7-13(23)8-6-12)25-20(26)14-3-1-2-4-15(14)21(25)27/h5-10H,1-4,11H2. The van der Waals surface area contributed by atoms with Gasteiger partial charge in [-0.05, 0) is 49.4 Å². The lowest BCUT2D eigenvalue weighted by Gasteiger charge is -2.18. The van der Waals surface area contributed by atoms with Crippen LogP contribution < -0.4 is 9.64 Å². The summed E-state index contributed by atoms with van der Waals surface area (Å²) in [5.41, 5.74) is 1.45. The number of amides is 2. The molecule has 0 bridgehead atoms. The van der Waals surface area contributed by atoms with Crippen LogP contribution >= 0.6 is 11.6 Å². The minimum atomic E-state index is -0.777. The van der Waals surface area contributed by atoms with Gasteiger partial charge in [0.1, 0.15) is 24.0 Å². The van der Waals surface area contributed by atoms with Crippen LogP contribution in [0.4, 0.5) is 14.5 Å². The van der Waals surface area contributed by atoms with Gasteiger partial charge < -0.3 is 4.74 Å². The molecular formula is C21H16ClF2NO3. The summed E-state index contributed by atoms with van der Waals surface area (Å²) in [4.78, 5) is 26.2. The Labute approximate surface area is 165 Å². The number of imide groups is 1. The Morgan fingerprint density at radius 2 is 1.57 bits per heavy atom. The van der Waals surface area contributed by atoms with Gasteiger partial charge in [-0.3, -0.25) is 9.59 Å². The molecule has 28 heavy (non-hydrogen) atoms. The summed E-state index contributed by atoms with van der Waals surface area (Å²) in [6.07, 6.45) is 2.72. The van der Waals surface area contributed by atoms with E-state index >= 15 is 0 Å². The van der Waals surface area contributed by atoms with Crippen molar-refractivity contribution in [3.05, 3.63) is 69.8 Å². The molecule has 4 nitrogen and oxygen atoms in total. The maximum atomic E-state index is 14.6. The molecule has 0 unspecified atom stereocenters. The van der Waals surface area contributed by atoms with Crippen molar-refractivity contribution < 1.29 is 23.1 Å². The highest BCUT2D eigenvalue weighted by molar-refractivity contribution is 6.34. The fourth-order valence-electron chi connectivity index (χ4n) is 3.50. The summed E-state index contributed by atoms with van der Waals surface area (Å²) in [5.74, 6) is -1.97. The Balaban J connectivity index is 1.62. The van der Waals surface area contributed by atoms with Crippen LogP contribution in [0.3, 0.4) is 0 Å². The molecule has 0 aromatic heterocycles. The quantitative estimate of drug-likeness (QED) is 0.679. The number of halogens is 3. The maximum absolute atomic E-state index is 14.6. The maximum Gasteiger partial charge on any atom is 0.261 e. The molecule has 0 fully saturated rings. The van der Waals surface area contributed by atoms with Gasteiger partial charge in [0.15, 0.2) is 0 Å². The first-order valence-electron chi connectivity index (χ1n) is 8.93. The molecule has 0 saturated heterocycles. The minimum absolute atomic E-state index is 0.0141. The SMILES string of the molecule is O=C1C2=C(CCCC2)C(=O)N1c1cc(OCc2ccc(F)cc2)c(Cl)cc1F. The molecule has 144 valence electrons. The number of hydrogen-bond acceptors (Lipinski definition) is 3. The Bertz CT molecular complexity index is 973. The molecular weight excluding hydrogens is 388 g/mol. The Hall–Kier alpha value is -2.73. The lowest BCUT2D eigenvalue weighted by Crippen LogP contribution is -2.32. The molecule has 0 radical (unpaired) electrons. The van der Waals surface area contributed by atoms with E-state index in [0.717, 1.165) is 23.8 Å². The summed E-state index contributed by atoms with van der Waals surface area (Å²) in [7, 11) is 0. The number of rotatable bonds is 4. The van der Waals surface area contributed by atoms with Crippen LogP contribution in [0.15, 0.2) is 47.5 Å². The van der Waals surface area contributed by atoms with Crippen molar-refractivity contribution in [2.75, 3.05) is 4.90 Å². The van der Waals surface area contributed by atoms with E-state index in [1.807, 2.05) is 0 Å². The highest BCUT2D eigenvalue weighted by Crippen LogP contribution is 2.39. The van der Waals surface area contributed by atoms with Crippen molar-refractivity contribution >= 4 is 29.1 Å². The van der Waals surface area contributed by atoms with E-state index in [4.69, 9.17) is 16.3 Å². The fraction of sp³-hybridized carbons (Fsp3) is 0.238. The van der Waals surface area contributed by atoms with Crippen molar-refractivity contribution in [1.29, 1.82) is 0 Å². The van der Waals surface area contributed by atoms with Gasteiger partial charge >= 0.3 is 0 Å². The molecule has 0 spiro atoms. The first-order valence-corrected chi connectivity index (χ1v) is 9.30. The monoisotopic (exact) mass is 403 g/mol. The van der Waals surface area contributed by atoms with E-state index in [0.29, 0.717) is 29.6 Å². The zero-order valence-corrected chi connectivity index (χ0v) is 15.6. The summed E-state index contributed by atoms with van der Waals surface area (Å²) in [5, 5.41) is 0.0141. The molecule has 1 aliphatic heterocycles. The second-order valence-electron chi connectivity index (χ2n) is 6.76. The first kappa shape index (κ1) is 18.6. The van der Waals surface area contributed by atoms with E-state index in [2.05, 4.69) is 0 Å². The van der Waals surface area contributed by atoms with Crippen LogP contribution in [-0.4, -0.2) is 11.8 Å². The van der Waals surface area contributed by atoms with Gasteiger partial charge in [0, 0.05) is 17.2 Å². The number of anilines is 1. The Morgan fingerprint density at radius 1 is 0.964 bits per heavy atom. The van der Waals surface area contributed by atoms with Crippen molar-refractivity contribution in [1.82, 2.24) is 0 Å². The smallest absolute Gasteiger partial charge is 0.261 e. The topological polar surface area (TPSA) is 46.6 Å². The van der Waals surface area contributed by atoms with Crippen molar-refractivity contribution in [2.45, 2.75) is 32.3 Å². The molecule has 0 N–H and O–H groups in total. The molecule has 2 aromatic rings. The van der Waals surface area contributed by atoms with Gasteiger partial charge in [-0.25, -0.2) is 13.7 Å². The minimum Gasteiger partial charge on any atom is -0.487 e. The molecule has 1 aliphatic carbocycles. The second kappa shape index (κ2) is 7.36. The molecule has 7 heteroatoms. The van der Waals surface area contributed by atoms with Crippen LogP contribution in [0, 0.1) is 11.6 Å². The number of carbonyl (C=O) groups is 2. The van der Waals surface area contributed by atoms with E-state index < -0.39 is 17.6 Å². The predicted molar refractivity (Wildman–Crippen MR) is 100 cm³/mol. The van der Waals surface area contributed by atoms with Crippen molar-refractivity contribution in [3.63, 3.8) is 0 Å². The molecule has 0 atom stereocenters. The fourth-order valence-corrected chi connectivity index (χ4v) is 3.71.